The molecule has 4 aromatic rings. The zero-order chi connectivity index (χ0) is 24.9. The van der Waals surface area contributed by atoms with Gasteiger partial charge < -0.3 is 5.32 Å². The maximum atomic E-state index is 14.0. The monoisotopic (exact) mass is 518 g/mol. The highest BCUT2D eigenvalue weighted by Gasteiger charge is 2.27. The second-order valence-electron chi connectivity index (χ2n) is 7.27. The molecule has 35 heavy (non-hydrogen) atoms. The van der Waals surface area contributed by atoms with E-state index in [4.69, 9.17) is 0 Å². The number of hydrogen-bond donors (Lipinski definition) is 2. The van der Waals surface area contributed by atoms with Gasteiger partial charge >= 0.3 is 0 Å². The van der Waals surface area contributed by atoms with Crippen LogP contribution in [0.4, 0.5) is 24.7 Å². The minimum absolute atomic E-state index is 0.0351. The summed E-state index contributed by atoms with van der Waals surface area (Å²) in [5.74, 6) is -4.05. The Labute approximate surface area is 205 Å². The highest BCUT2D eigenvalue weighted by atomic mass is 32.2. The number of halogens is 3. The lowest BCUT2D eigenvalue weighted by Gasteiger charge is -2.21. The summed E-state index contributed by atoms with van der Waals surface area (Å²) in [6, 6.07) is 16.2. The molecule has 1 aromatic heterocycles. The number of carbonyl (C=O) groups excluding carboxylic acids is 1. The van der Waals surface area contributed by atoms with Crippen LogP contribution in [0, 0.1) is 17.5 Å². The first kappa shape index (κ1) is 24.5. The van der Waals surface area contributed by atoms with E-state index in [0.29, 0.717) is 24.2 Å². The fourth-order valence-electron chi connectivity index (χ4n) is 3.38. The molecule has 7 nitrogen and oxygen atoms in total. The zero-order valence-electron chi connectivity index (χ0n) is 17.8. The van der Waals surface area contributed by atoms with Crippen LogP contribution in [-0.2, 0) is 24.2 Å². The van der Waals surface area contributed by atoms with Crippen molar-refractivity contribution in [1.29, 1.82) is 0 Å². The third-order valence-electron chi connectivity index (χ3n) is 5.00. The number of benzene rings is 3. The summed E-state index contributed by atoms with van der Waals surface area (Å²) < 4.78 is 72.9. The highest BCUT2D eigenvalue weighted by Crippen LogP contribution is 2.32. The summed E-state index contributed by atoms with van der Waals surface area (Å²) in [6.07, 6.45) is 0.331. The van der Waals surface area contributed by atoms with Gasteiger partial charge in [-0.2, -0.15) is 8.75 Å². The van der Waals surface area contributed by atoms with Gasteiger partial charge in [0.15, 0.2) is 5.82 Å². The molecule has 12 heteroatoms. The molecular formula is C23H17F3N4O3S2. The second-order valence-corrected chi connectivity index (χ2v) is 8.62. The summed E-state index contributed by atoms with van der Waals surface area (Å²) in [4.78, 5) is 12.9. The topological polar surface area (TPSA) is 95.4 Å². The first-order valence-corrected chi connectivity index (χ1v) is 11.9. The molecule has 180 valence electrons. The van der Waals surface area contributed by atoms with Crippen molar-refractivity contribution in [3.05, 3.63) is 107 Å². The van der Waals surface area contributed by atoms with Gasteiger partial charge in [-0.3, -0.25) is 9.35 Å². The van der Waals surface area contributed by atoms with Gasteiger partial charge in [-0.05, 0) is 17.7 Å². The van der Waals surface area contributed by atoms with Gasteiger partial charge in [-0.25, -0.2) is 21.7 Å². The molecule has 0 aliphatic carbocycles. The Morgan fingerprint density at radius 3 is 2.34 bits per heavy atom. The number of nitrogens with one attached hydrogen (secondary N) is 1. The number of anilines is 2. The molecule has 4 rings (SSSR count). The summed E-state index contributed by atoms with van der Waals surface area (Å²) >= 11 is -1.78. The number of amides is 1. The molecule has 1 amide bonds. The van der Waals surface area contributed by atoms with Crippen molar-refractivity contribution in [1.82, 2.24) is 14.1 Å². The number of hydrogen-bond acceptors (Lipinski definition) is 5. The molecule has 0 saturated carbocycles. The van der Waals surface area contributed by atoms with E-state index < -0.39 is 46.7 Å². The molecule has 0 spiro atoms. The Hall–Kier alpha value is -3.61. The average molecular weight is 519 g/mol. The fourth-order valence-corrected chi connectivity index (χ4v) is 4.60. The molecule has 1 heterocycles. The molecule has 0 bridgehead atoms. The summed E-state index contributed by atoms with van der Waals surface area (Å²) in [6.45, 7) is -0.565. The van der Waals surface area contributed by atoms with Gasteiger partial charge in [-0.1, -0.05) is 42.5 Å². The van der Waals surface area contributed by atoms with Gasteiger partial charge in [0.2, 0.25) is 0 Å². The summed E-state index contributed by atoms with van der Waals surface area (Å²) in [5.41, 5.74) is 0.798. The minimum Gasteiger partial charge on any atom is -0.348 e. The SMILES string of the molecule is O=C(NCc1c(F)cc(F)cc1F)c1ccccc1N(c1nsnc1Cc1ccccc1)S(=O)O. The van der Waals surface area contributed by atoms with Crippen LogP contribution in [-0.4, -0.2) is 23.4 Å². The first-order chi connectivity index (χ1) is 16.8. The van der Waals surface area contributed by atoms with E-state index in [9.17, 15) is 26.7 Å². The fraction of sp³-hybridized carbons (Fsp3) is 0.0870. The summed E-state index contributed by atoms with van der Waals surface area (Å²) in [7, 11) is 0. The van der Waals surface area contributed by atoms with Gasteiger partial charge in [0.05, 0.1) is 23.0 Å². The lowest BCUT2D eigenvalue weighted by atomic mass is 10.1. The standard InChI is InChI=1S/C23H17F3N4O3S2/c24-15-11-18(25)17(19(26)12-15)13-27-23(31)16-8-4-5-9-21(16)30(35(32)33)22-20(28-34-29-22)10-14-6-2-1-3-7-14/h1-9,11-12H,10,13H2,(H,27,31)(H,32,33). The van der Waals surface area contributed by atoms with Crippen molar-refractivity contribution >= 4 is 40.4 Å². The van der Waals surface area contributed by atoms with Crippen LogP contribution in [0.5, 0.6) is 0 Å². The third kappa shape index (κ3) is 5.56. The van der Waals surface area contributed by atoms with Crippen molar-refractivity contribution < 1.29 is 26.7 Å². The van der Waals surface area contributed by atoms with Crippen molar-refractivity contribution in [3.8, 4) is 0 Å². The van der Waals surface area contributed by atoms with E-state index in [-0.39, 0.29) is 17.1 Å². The normalized spacial score (nSPS) is 11.8. The van der Waals surface area contributed by atoms with Gasteiger partial charge in [0.1, 0.15) is 23.1 Å². The number of carbonyl (C=O) groups is 1. The molecule has 0 fully saturated rings. The van der Waals surface area contributed by atoms with E-state index in [1.54, 1.807) is 6.07 Å². The number of rotatable bonds is 8. The molecule has 1 unspecified atom stereocenters. The van der Waals surface area contributed by atoms with Crippen molar-refractivity contribution in [2.75, 3.05) is 4.31 Å². The molecule has 0 aliphatic heterocycles. The van der Waals surface area contributed by atoms with E-state index in [2.05, 4.69) is 14.1 Å². The number of aromatic nitrogens is 2. The van der Waals surface area contributed by atoms with Gasteiger partial charge in [0.25, 0.3) is 17.2 Å². The van der Waals surface area contributed by atoms with Crippen LogP contribution in [0.1, 0.15) is 27.2 Å². The van der Waals surface area contributed by atoms with E-state index in [1.165, 1.54) is 18.2 Å². The first-order valence-electron chi connectivity index (χ1n) is 10.1. The predicted molar refractivity (Wildman–Crippen MR) is 126 cm³/mol. The maximum Gasteiger partial charge on any atom is 0.268 e. The van der Waals surface area contributed by atoms with E-state index in [0.717, 1.165) is 21.6 Å². The van der Waals surface area contributed by atoms with Crippen LogP contribution < -0.4 is 9.62 Å². The lowest BCUT2D eigenvalue weighted by Crippen LogP contribution is -2.28. The van der Waals surface area contributed by atoms with Crippen LogP contribution in [0.2, 0.25) is 0 Å². The van der Waals surface area contributed by atoms with Crippen molar-refractivity contribution in [2.45, 2.75) is 13.0 Å². The molecule has 3 aromatic carbocycles. The largest absolute Gasteiger partial charge is 0.348 e. The van der Waals surface area contributed by atoms with E-state index in [1.807, 2.05) is 30.3 Å². The molecule has 2 N–H and O–H groups in total. The lowest BCUT2D eigenvalue weighted by molar-refractivity contribution is 0.0951. The average Bonchev–Trinajstić information content (AvgIpc) is 3.26. The molecule has 1 atom stereocenters. The Kier molecular flexibility index (Phi) is 7.54. The number of nitrogens with zero attached hydrogens (tertiary/aromatic N) is 3. The number of para-hydroxylation sites is 1. The quantitative estimate of drug-likeness (QED) is 0.328. The minimum atomic E-state index is -2.63. The highest BCUT2D eigenvalue weighted by molar-refractivity contribution is 7.81. The maximum absolute atomic E-state index is 14.0. The predicted octanol–water partition coefficient (Wildman–Crippen LogP) is 4.75. The van der Waals surface area contributed by atoms with Crippen LogP contribution in [0.3, 0.4) is 0 Å². The Morgan fingerprint density at radius 2 is 1.66 bits per heavy atom. The zero-order valence-corrected chi connectivity index (χ0v) is 19.5. The summed E-state index contributed by atoms with van der Waals surface area (Å²) in [5, 5.41) is 2.37. The third-order valence-corrected chi connectivity index (χ3v) is 6.24. The second kappa shape index (κ2) is 10.8. The Balaban J connectivity index is 1.64. The van der Waals surface area contributed by atoms with Gasteiger partial charge in [0, 0.05) is 30.7 Å². The molecule has 0 aliphatic rings. The van der Waals surface area contributed by atoms with Crippen LogP contribution in [0.15, 0.2) is 66.7 Å². The van der Waals surface area contributed by atoms with Crippen LogP contribution >= 0.6 is 11.7 Å². The smallest absolute Gasteiger partial charge is 0.268 e. The Bertz CT molecular complexity index is 1360. The van der Waals surface area contributed by atoms with Crippen LogP contribution in [0.25, 0.3) is 0 Å². The van der Waals surface area contributed by atoms with E-state index >= 15 is 0 Å². The van der Waals surface area contributed by atoms with Crippen molar-refractivity contribution in [2.24, 2.45) is 0 Å². The molecular weight excluding hydrogens is 501 g/mol. The molecule has 0 saturated heterocycles. The van der Waals surface area contributed by atoms with Crippen molar-refractivity contribution in [3.63, 3.8) is 0 Å². The van der Waals surface area contributed by atoms with Gasteiger partial charge in [-0.15, -0.1) is 0 Å². The molecule has 0 radical (unpaired) electrons. The Morgan fingerprint density at radius 1 is 1.00 bits per heavy atom.